The van der Waals surface area contributed by atoms with E-state index >= 15 is 0 Å². The van der Waals surface area contributed by atoms with Gasteiger partial charge in [0.15, 0.2) is 5.75 Å². The Morgan fingerprint density at radius 1 is 0.581 bits per heavy atom. The Labute approximate surface area is 262 Å². The molecule has 0 amide bonds. The van der Waals surface area contributed by atoms with Crippen molar-refractivity contribution in [2.24, 2.45) is 0 Å². The van der Waals surface area contributed by atoms with Crippen molar-refractivity contribution in [3.8, 4) is 11.5 Å². The maximum Gasteiger partial charge on any atom is 0.343 e. The van der Waals surface area contributed by atoms with E-state index in [1.807, 2.05) is 0 Å². The molecule has 5 nitrogen and oxygen atoms in total. The van der Waals surface area contributed by atoms with Gasteiger partial charge < -0.3 is 14.8 Å². The number of nitrogens with one attached hydrogen (secondary N) is 1. The highest BCUT2D eigenvalue weighted by atomic mass is 16.5. The first-order valence-electron chi connectivity index (χ1n) is 17.5. The monoisotopic (exact) mass is 593 g/mol. The van der Waals surface area contributed by atoms with Gasteiger partial charge in [-0.1, -0.05) is 129 Å². The maximum absolute atomic E-state index is 12.6. The van der Waals surface area contributed by atoms with Gasteiger partial charge in [-0.3, -0.25) is 4.79 Å². The normalized spacial score (nSPS) is 10.9. The van der Waals surface area contributed by atoms with Crippen molar-refractivity contribution < 1.29 is 14.3 Å². The number of hydrogen-bond acceptors (Lipinski definition) is 5. The van der Waals surface area contributed by atoms with Crippen LogP contribution in [0.3, 0.4) is 0 Å². The number of anilines is 1. The van der Waals surface area contributed by atoms with Crippen molar-refractivity contribution in [2.45, 2.75) is 142 Å². The van der Waals surface area contributed by atoms with Crippen LogP contribution in [0.5, 0.6) is 11.5 Å². The fourth-order valence-corrected chi connectivity index (χ4v) is 5.22. The minimum absolute atomic E-state index is 0.0247. The summed E-state index contributed by atoms with van der Waals surface area (Å²) in [5.41, 5.74) is 0.905. The predicted octanol–water partition coefficient (Wildman–Crippen LogP) is 10.9. The molecule has 0 saturated heterocycles. The van der Waals surface area contributed by atoms with Crippen LogP contribution >= 0.6 is 0 Å². The largest absolute Gasteiger partial charge is 0.494 e. The van der Waals surface area contributed by atoms with Crippen LogP contribution in [0, 0.1) is 0 Å². The molecule has 0 unspecified atom stereocenters. The first kappa shape index (κ1) is 36.4. The summed E-state index contributed by atoms with van der Waals surface area (Å²) in [5, 5.41) is 3.39. The van der Waals surface area contributed by atoms with Crippen LogP contribution in [0.2, 0.25) is 0 Å². The van der Waals surface area contributed by atoms with Gasteiger partial charge >= 0.3 is 5.97 Å². The first-order valence-corrected chi connectivity index (χ1v) is 17.5. The lowest BCUT2D eigenvalue weighted by Gasteiger charge is -2.07. The van der Waals surface area contributed by atoms with Crippen molar-refractivity contribution in [1.82, 2.24) is 0 Å². The summed E-state index contributed by atoms with van der Waals surface area (Å²) in [4.78, 5) is 25.1. The summed E-state index contributed by atoms with van der Waals surface area (Å²) in [6, 6.07) is 13.4. The van der Waals surface area contributed by atoms with Crippen LogP contribution in [0.25, 0.3) is 0 Å². The number of carbonyl (C=O) groups is 1. The maximum atomic E-state index is 12.6. The van der Waals surface area contributed by atoms with Gasteiger partial charge in [0.05, 0.1) is 12.2 Å². The standard InChI is InChI=1S/C38H59NO4/c1-3-5-7-9-10-11-12-13-14-15-16-17-18-19-20-21-31-39-34-25-29-36(40)37(30-26-34)43-38(41)33-23-27-35(28-24-33)42-32-22-8-6-4-2/h23-30,39H,3-22,31-32H2,1-2H3. The summed E-state index contributed by atoms with van der Waals surface area (Å²) in [7, 11) is 0. The summed E-state index contributed by atoms with van der Waals surface area (Å²) < 4.78 is 11.2. The number of hydrogen-bond donors (Lipinski definition) is 1. The molecule has 0 atom stereocenters. The van der Waals surface area contributed by atoms with E-state index in [0.29, 0.717) is 12.2 Å². The minimum atomic E-state index is -0.555. The summed E-state index contributed by atoms with van der Waals surface area (Å²) in [6.45, 7) is 5.99. The molecule has 0 aliphatic carbocycles. The van der Waals surface area contributed by atoms with E-state index < -0.39 is 5.97 Å². The Hall–Kier alpha value is -2.82. The molecule has 0 fully saturated rings. The second kappa shape index (κ2) is 24.6. The van der Waals surface area contributed by atoms with Gasteiger partial charge in [-0.25, -0.2) is 4.79 Å². The topological polar surface area (TPSA) is 64.6 Å². The summed E-state index contributed by atoms with van der Waals surface area (Å²) >= 11 is 0. The molecule has 0 heterocycles. The van der Waals surface area contributed by atoms with Crippen LogP contribution in [-0.4, -0.2) is 19.1 Å². The molecule has 0 bridgehead atoms. The number of esters is 1. The average Bonchev–Trinajstić information content (AvgIpc) is 3.19. The molecule has 0 radical (unpaired) electrons. The molecule has 0 aliphatic rings. The molecule has 0 spiro atoms. The Bertz CT molecular complexity index is 1040. The third-order valence-electron chi connectivity index (χ3n) is 7.99. The van der Waals surface area contributed by atoms with E-state index in [4.69, 9.17) is 9.47 Å². The minimum Gasteiger partial charge on any atom is -0.494 e. The lowest BCUT2D eigenvalue weighted by atomic mass is 10.0. The van der Waals surface area contributed by atoms with E-state index in [9.17, 15) is 9.59 Å². The van der Waals surface area contributed by atoms with Gasteiger partial charge in [-0.05, 0) is 61.4 Å². The third-order valence-corrected chi connectivity index (χ3v) is 7.99. The van der Waals surface area contributed by atoms with Gasteiger partial charge in [0.2, 0.25) is 5.43 Å². The second-order valence-corrected chi connectivity index (χ2v) is 11.9. The molecule has 0 aromatic heterocycles. The lowest BCUT2D eigenvalue weighted by Crippen LogP contribution is -2.13. The number of rotatable bonds is 26. The first-order chi connectivity index (χ1) is 21.1. The molecular formula is C38H59NO4. The van der Waals surface area contributed by atoms with Crippen molar-refractivity contribution in [1.29, 1.82) is 0 Å². The molecule has 43 heavy (non-hydrogen) atoms. The van der Waals surface area contributed by atoms with Gasteiger partial charge in [-0.2, -0.15) is 0 Å². The SMILES string of the molecule is CCCCCCCCCCCCCCCCCCNc1ccc(OC(=O)c2ccc(OCCCCCC)cc2)c(=O)cc1. The fourth-order valence-electron chi connectivity index (χ4n) is 5.22. The zero-order valence-corrected chi connectivity index (χ0v) is 27.3. The Kier molecular flexibility index (Phi) is 20.8. The van der Waals surface area contributed by atoms with Crippen LogP contribution in [0.1, 0.15) is 153 Å². The van der Waals surface area contributed by atoms with Crippen LogP contribution in [-0.2, 0) is 0 Å². The predicted molar refractivity (Wildman–Crippen MR) is 182 cm³/mol. The van der Waals surface area contributed by atoms with Gasteiger partial charge in [0.1, 0.15) is 5.75 Å². The molecule has 2 rings (SSSR count). The average molecular weight is 594 g/mol. The molecule has 1 N–H and O–H groups in total. The number of carbonyl (C=O) groups excluding carboxylic acids is 1. The Balaban J connectivity index is 1.56. The smallest absolute Gasteiger partial charge is 0.343 e. The molecule has 2 aromatic carbocycles. The van der Waals surface area contributed by atoms with E-state index in [2.05, 4.69) is 19.2 Å². The number of ether oxygens (including phenoxy) is 2. The third kappa shape index (κ3) is 17.8. The molecule has 0 saturated carbocycles. The van der Waals surface area contributed by atoms with E-state index in [1.165, 1.54) is 115 Å². The summed E-state index contributed by atoms with van der Waals surface area (Å²) in [5.74, 6) is 0.195. The van der Waals surface area contributed by atoms with Gasteiger partial charge in [0, 0.05) is 12.2 Å². The molecule has 5 heteroatoms. The van der Waals surface area contributed by atoms with E-state index in [1.54, 1.807) is 42.5 Å². The molecule has 240 valence electrons. The van der Waals surface area contributed by atoms with Crippen LogP contribution < -0.4 is 20.2 Å². The fraction of sp³-hybridized carbons (Fsp3) is 0.632. The lowest BCUT2D eigenvalue weighted by molar-refractivity contribution is 0.0733. The Morgan fingerprint density at radius 2 is 1.07 bits per heavy atom. The summed E-state index contributed by atoms with van der Waals surface area (Å²) in [6.07, 6.45) is 26.3. The zero-order chi connectivity index (χ0) is 30.8. The quantitative estimate of drug-likeness (QED) is 0.0868. The van der Waals surface area contributed by atoms with Gasteiger partial charge in [0.25, 0.3) is 0 Å². The highest BCUT2D eigenvalue weighted by Gasteiger charge is 2.11. The van der Waals surface area contributed by atoms with E-state index in [-0.39, 0.29) is 11.2 Å². The highest BCUT2D eigenvalue weighted by Crippen LogP contribution is 2.17. The zero-order valence-electron chi connectivity index (χ0n) is 27.3. The highest BCUT2D eigenvalue weighted by molar-refractivity contribution is 5.91. The van der Waals surface area contributed by atoms with Crippen molar-refractivity contribution in [3.05, 3.63) is 64.3 Å². The van der Waals surface area contributed by atoms with Crippen molar-refractivity contribution in [3.63, 3.8) is 0 Å². The second-order valence-electron chi connectivity index (χ2n) is 11.9. The molecule has 0 aliphatic heterocycles. The van der Waals surface area contributed by atoms with Crippen molar-refractivity contribution >= 4 is 11.7 Å². The number of unbranched alkanes of at least 4 members (excludes halogenated alkanes) is 18. The van der Waals surface area contributed by atoms with Crippen molar-refractivity contribution in [2.75, 3.05) is 18.5 Å². The van der Waals surface area contributed by atoms with Crippen LogP contribution in [0.4, 0.5) is 5.69 Å². The molecule has 2 aromatic rings. The van der Waals surface area contributed by atoms with Crippen LogP contribution in [0.15, 0.2) is 53.3 Å². The number of benzene rings is 1. The van der Waals surface area contributed by atoms with E-state index in [0.717, 1.165) is 37.2 Å². The Morgan fingerprint density at radius 3 is 1.63 bits per heavy atom. The molecular weight excluding hydrogens is 534 g/mol. The van der Waals surface area contributed by atoms with Gasteiger partial charge in [-0.15, -0.1) is 0 Å².